The minimum absolute atomic E-state index is 0.0446. The van der Waals surface area contributed by atoms with Crippen LogP contribution in [-0.2, 0) is 4.74 Å². The van der Waals surface area contributed by atoms with Gasteiger partial charge in [-0.25, -0.2) is 4.90 Å². The Morgan fingerprint density at radius 3 is 2.58 bits per heavy atom. The van der Waals surface area contributed by atoms with Crippen LogP contribution in [0, 0.1) is 10.1 Å². The molecule has 142 valence electrons. The van der Waals surface area contributed by atoms with Gasteiger partial charge in [0.15, 0.2) is 0 Å². The molecule has 2 unspecified atom stereocenters. The number of rotatable bonds is 5. The molecule has 2 atom stereocenters. The standard InChI is InChI=1S/C15H16F3N3O5/c1-19-13(21(22)23)8-20-7-6-12(25-14(19)20)9-24-10-2-4-11(5-3-10)26-15(16,17)18/h2-5,8,12,14H,6-7,9H2,1H3. The Hall–Kier alpha value is -2.69. The highest BCUT2D eigenvalue weighted by molar-refractivity contribution is 5.31. The number of fused-ring (bicyclic) bond motifs is 1. The molecule has 0 spiro atoms. The summed E-state index contributed by atoms with van der Waals surface area (Å²) in [6.45, 7) is 0.740. The maximum atomic E-state index is 12.1. The molecule has 0 amide bonds. The number of ether oxygens (including phenoxy) is 3. The zero-order valence-electron chi connectivity index (χ0n) is 13.7. The summed E-state index contributed by atoms with van der Waals surface area (Å²) >= 11 is 0. The fourth-order valence-electron chi connectivity index (χ4n) is 2.74. The predicted octanol–water partition coefficient (Wildman–Crippen LogP) is 2.36. The van der Waals surface area contributed by atoms with E-state index in [4.69, 9.17) is 9.47 Å². The minimum atomic E-state index is -4.74. The van der Waals surface area contributed by atoms with Gasteiger partial charge in [-0.2, -0.15) is 0 Å². The van der Waals surface area contributed by atoms with E-state index >= 15 is 0 Å². The molecule has 0 aliphatic carbocycles. The Morgan fingerprint density at radius 1 is 1.31 bits per heavy atom. The van der Waals surface area contributed by atoms with Crippen LogP contribution < -0.4 is 9.47 Å². The SMILES string of the molecule is CN1C([N+](=O)[O-])=CN2CCC(COc3ccc(OC(F)(F)F)cc3)OC21. The predicted molar refractivity (Wildman–Crippen MR) is 81.4 cm³/mol. The second-order valence-corrected chi connectivity index (χ2v) is 5.80. The highest BCUT2D eigenvalue weighted by atomic mass is 19.4. The highest BCUT2D eigenvalue weighted by Crippen LogP contribution is 2.29. The molecule has 1 saturated heterocycles. The molecule has 11 heteroatoms. The van der Waals surface area contributed by atoms with Gasteiger partial charge in [-0.1, -0.05) is 0 Å². The third-order valence-electron chi connectivity index (χ3n) is 3.96. The maximum absolute atomic E-state index is 12.1. The summed E-state index contributed by atoms with van der Waals surface area (Å²) in [5, 5.41) is 11.0. The van der Waals surface area contributed by atoms with Gasteiger partial charge in [-0.15, -0.1) is 13.2 Å². The zero-order valence-corrected chi connectivity index (χ0v) is 13.7. The van der Waals surface area contributed by atoms with E-state index < -0.39 is 17.6 Å². The van der Waals surface area contributed by atoms with Crippen LogP contribution >= 0.6 is 0 Å². The number of alkyl halides is 3. The third-order valence-corrected chi connectivity index (χ3v) is 3.96. The molecule has 1 aromatic carbocycles. The molecule has 1 fully saturated rings. The lowest BCUT2D eigenvalue weighted by Gasteiger charge is -2.35. The second kappa shape index (κ2) is 6.90. The summed E-state index contributed by atoms with van der Waals surface area (Å²) in [4.78, 5) is 13.7. The summed E-state index contributed by atoms with van der Waals surface area (Å²) in [5.41, 5.74) is 0. The Labute approximate surface area is 146 Å². The van der Waals surface area contributed by atoms with Crippen LogP contribution in [0.5, 0.6) is 11.5 Å². The fraction of sp³-hybridized carbons (Fsp3) is 0.467. The van der Waals surface area contributed by atoms with Crippen LogP contribution in [0.1, 0.15) is 6.42 Å². The number of hydrogen-bond acceptors (Lipinski definition) is 7. The van der Waals surface area contributed by atoms with Crippen molar-refractivity contribution in [3.63, 3.8) is 0 Å². The van der Waals surface area contributed by atoms with Crippen LogP contribution in [-0.4, -0.2) is 53.7 Å². The molecule has 0 saturated carbocycles. The molecule has 0 N–H and O–H groups in total. The number of hydrogen-bond donors (Lipinski definition) is 0. The average molecular weight is 375 g/mol. The molecule has 3 rings (SSSR count). The van der Waals surface area contributed by atoms with E-state index in [0.717, 1.165) is 12.1 Å². The normalized spacial score (nSPS) is 22.7. The van der Waals surface area contributed by atoms with Crippen LogP contribution in [0.4, 0.5) is 13.2 Å². The number of nitro groups is 1. The van der Waals surface area contributed by atoms with Crippen LogP contribution in [0.2, 0.25) is 0 Å². The van der Waals surface area contributed by atoms with Crippen molar-refractivity contribution in [2.75, 3.05) is 20.2 Å². The van der Waals surface area contributed by atoms with Gasteiger partial charge in [0.25, 0.3) is 6.35 Å². The van der Waals surface area contributed by atoms with E-state index in [9.17, 15) is 23.3 Å². The van der Waals surface area contributed by atoms with Crippen LogP contribution in [0.25, 0.3) is 0 Å². The summed E-state index contributed by atoms with van der Waals surface area (Å²) in [7, 11) is 1.57. The lowest BCUT2D eigenvalue weighted by molar-refractivity contribution is -0.448. The average Bonchev–Trinajstić information content (AvgIpc) is 2.90. The lowest BCUT2D eigenvalue weighted by Crippen LogP contribution is -2.49. The highest BCUT2D eigenvalue weighted by Gasteiger charge is 2.43. The molecule has 26 heavy (non-hydrogen) atoms. The van der Waals surface area contributed by atoms with E-state index in [1.807, 2.05) is 0 Å². The quantitative estimate of drug-likeness (QED) is 0.578. The van der Waals surface area contributed by atoms with Crippen molar-refractivity contribution in [1.82, 2.24) is 9.80 Å². The van der Waals surface area contributed by atoms with E-state index in [1.54, 1.807) is 11.9 Å². The first-order valence-electron chi connectivity index (χ1n) is 7.72. The Bertz CT molecular complexity index is 695. The van der Waals surface area contributed by atoms with Gasteiger partial charge in [-0.3, -0.25) is 0 Å². The van der Waals surface area contributed by atoms with Gasteiger partial charge < -0.3 is 29.2 Å². The maximum Gasteiger partial charge on any atom is 0.573 e. The minimum Gasteiger partial charge on any atom is -0.491 e. The molecular formula is C15H16F3N3O5. The van der Waals surface area contributed by atoms with Gasteiger partial charge in [0.2, 0.25) is 0 Å². The largest absolute Gasteiger partial charge is 0.573 e. The van der Waals surface area contributed by atoms with Crippen molar-refractivity contribution in [1.29, 1.82) is 0 Å². The molecular weight excluding hydrogens is 359 g/mol. The van der Waals surface area contributed by atoms with Crippen LogP contribution in [0.15, 0.2) is 36.3 Å². The monoisotopic (exact) mass is 375 g/mol. The van der Waals surface area contributed by atoms with Gasteiger partial charge in [0, 0.05) is 6.54 Å². The van der Waals surface area contributed by atoms with Crippen molar-refractivity contribution in [2.45, 2.75) is 25.2 Å². The van der Waals surface area contributed by atoms with E-state index in [0.29, 0.717) is 18.7 Å². The Balaban J connectivity index is 1.51. The van der Waals surface area contributed by atoms with E-state index in [1.165, 1.54) is 23.2 Å². The number of nitrogens with zero attached hydrogens (tertiary/aromatic N) is 3. The van der Waals surface area contributed by atoms with Crippen molar-refractivity contribution in [3.8, 4) is 11.5 Å². The Kier molecular flexibility index (Phi) is 4.81. The summed E-state index contributed by atoms with van der Waals surface area (Å²) < 4.78 is 51.5. The first kappa shape index (κ1) is 18.1. The molecule has 2 aliphatic rings. The first-order valence-corrected chi connectivity index (χ1v) is 7.72. The summed E-state index contributed by atoms with van der Waals surface area (Å²) in [6, 6.07) is 5.04. The molecule has 8 nitrogen and oxygen atoms in total. The Morgan fingerprint density at radius 2 is 1.96 bits per heavy atom. The number of halogens is 3. The van der Waals surface area contributed by atoms with Crippen molar-refractivity contribution < 1.29 is 32.3 Å². The van der Waals surface area contributed by atoms with Crippen LogP contribution in [0.3, 0.4) is 0 Å². The third kappa shape index (κ3) is 4.10. The van der Waals surface area contributed by atoms with E-state index in [2.05, 4.69) is 4.74 Å². The summed E-state index contributed by atoms with van der Waals surface area (Å²) in [5.74, 6) is -0.00775. The van der Waals surface area contributed by atoms with Crippen molar-refractivity contribution >= 4 is 0 Å². The molecule has 2 aliphatic heterocycles. The van der Waals surface area contributed by atoms with Gasteiger partial charge in [0.1, 0.15) is 18.1 Å². The van der Waals surface area contributed by atoms with Gasteiger partial charge in [0.05, 0.1) is 19.4 Å². The lowest BCUT2D eigenvalue weighted by atomic mass is 10.2. The fourth-order valence-corrected chi connectivity index (χ4v) is 2.74. The smallest absolute Gasteiger partial charge is 0.491 e. The molecule has 0 radical (unpaired) electrons. The number of benzene rings is 1. The molecule has 0 aromatic heterocycles. The molecule has 0 bridgehead atoms. The van der Waals surface area contributed by atoms with Crippen molar-refractivity contribution in [3.05, 3.63) is 46.4 Å². The molecule has 2 heterocycles. The zero-order chi connectivity index (χ0) is 18.9. The second-order valence-electron chi connectivity index (χ2n) is 5.80. The first-order chi connectivity index (χ1) is 12.2. The van der Waals surface area contributed by atoms with E-state index in [-0.39, 0.29) is 24.3 Å². The summed E-state index contributed by atoms with van der Waals surface area (Å²) in [6.07, 6.45) is -3.57. The van der Waals surface area contributed by atoms with Gasteiger partial charge >= 0.3 is 12.2 Å². The van der Waals surface area contributed by atoms with Crippen molar-refractivity contribution in [2.24, 2.45) is 0 Å². The van der Waals surface area contributed by atoms with Gasteiger partial charge in [-0.05, 0) is 35.6 Å². The molecule has 1 aromatic rings. The topological polar surface area (TPSA) is 77.3 Å².